The van der Waals surface area contributed by atoms with Gasteiger partial charge in [-0.15, -0.1) is 0 Å². The summed E-state index contributed by atoms with van der Waals surface area (Å²) in [5.41, 5.74) is -0.833. The van der Waals surface area contributed by atoms with Gasteiger partial charge in [-0.3, -0.25) is 0 Å². The Hall–Kier alpha value is -0.660. The molecule has 40 valence electrons. The number of carbonyl (C=O) groups is 1. The van der Waals surface area contributed by atoms with E-state index < -0.39 is 11.4 Å². The van der Waals surface area contributed by atoms with Crippen molar-refractivity contribution in [1.82, 2.24) is 0 Å². The molecule has 0 heterocycles. The third kappa shape index (κ3) is 2.09. The first-order valence-electron chi connectivity index (χ1n) is 2.03. The smallest absolute Gasteiger partial charge is 0.354 e. The second-order valence-electron chi connectivity index (χ2n) is 2.19. The lowest BCUT2D eigenvalue weighted by molar-refractivity contribution is -0.144. The Kier molecular flexibility index (Phi) is 1.31. The van der Waals surface area contributed by atoms with Gasteiger partial charge in [0.1, 0.15) is 0 Å². The van der Waals surface area contributed by atoms with Crippen molar-refractivity contribution in [2.75, 3.05) is 0 Å². The average molecular weight is 101 g/mol. The fraction of sp³-hybridized carbons (Fsp3) is 0.600. The summed E-state index contributed by atoms with van der Waals surface area (Å²) in [6.45, 7) is 6.47. The van der Waals surface area contributed by atoms with E-state index in [-0.39, 0.29) is 0 Å². The quantitative estimate of drug-likeness (QED) is 0.499. The second kappa shape index (κ2) is 1.45. The predicted octanol–water partition coefficient (Wildman–Crippen LogP) is 0.931. The van der Waals surface area contributed by atoms with Gasteiger partial charge in [0.2, 0.25) is 0 Å². The molecular formula is C5H9O2+. The number of rotatable bonds is 1. The molecule has 0 aliphatic heterocycles. The SMILES string of the molecule is [CH2+]C(C)(C)C(=O)O. The molecule has 1 N–H and O–H groups in total. The van der Waals surface area contributed by atoms with Gasteiger partial charge in [-0.2, -0.15) is 0 Å². The fourth-order valence-electron chi connectivity index (χ4n) is 0. The van der Waals surface area contributed by atoms with E-state index in [1.807, 2.05) is 0 Å². The Morgan fingerprint density at radius 3 is 1.86 bits per heavy atom. The summed E-state index contributed by atoms with van der Waals surface area (Å²) >= 11 is 0. The van der Waals surface area contributed by atoms with Crippen LogP contribution in [-0.2, 0) is 4.79 Å². The van der Waals surface area contributed by atoms with E-state index >= 15 is 0 Å². The molecule has 0 unspecified atom stereocenters. The highest BCUT2D eigenvalue weighted by molar-refractivity contribution is 5.74. The number of carboxylic acid groups (broad SMARTS) is 1. The van der Waals surface area contributed by atoms with Crippen LogP contribution in [0.15, 0.2) is 0 Å². The van der Waals surface area contributed by atoms with Gasteiger partial charge < -0.3 is 5.11 Å². The summed E-state index contributed by atoms with van der Waals surface area (Å²) in [5, 5.41) is 8.19. The van der Waals surface area contributed by atoms with Crippen molar-refractivity contribution in [1.29, 1.82) is 0 Å². The lowest BCUT2D eigenvalue weighted by Gasteiger charge is -2.00. The van der Waals surface area contributed by atoms with Crippen LogP contribution in [0.3, 0.4) is 0 Å². The standard InChI is InChI=1S/C5H8O2/c1-5(2,3)4(6)7/h1H2,2-3H3/p+1. The molecular weight excluding hydrogens is 92.1 g/mol. The molecule has 0 saturated heterocycles. The van der Waals surface area contributed by atoms with Crippen LogP contribution in [0.1, 0.15) is 13.8 Å². The highest BCUT2D eigenvalue weighted by atomic mass is 16.4. The molecule has 0 aliphatic carbocycles. The van der Waals surface area contributed by atoms with Crippen molar-refractivity contribution in [3.63, 3.8) is 0 Å². The zero-order valence-electron chi connectivity index (χ0n) is 4.56. The van der Waals surface area contributed by atoms with E-state index in [9.17, 15) is 4.79 Å². The molecule has 0 atom stereocenters. The lowest BCUT2D eigenvalue weighted by atomic mass is 9.98. The first kappa shape index (κ1) is 6.34. The number of hydrogen-bond acceptors (Lipinski definition) is 1. The van der Waals surface area contributed by atoms with Crippen LogP contribution < -0.4 is 0 Å². The van der Waals surface area contributed by atoms with Crippen LogP contribution in [0.2, 0.25) is 0 Å². The molecule has 0 radical (unpaired) electrons. The summed E-state index contributed by atoms with van der Waals surface area (Å²) in [4.78, 5) is 9.96. The van der Waals surface area contributed by atoms with Crippen molar-refractivity contribution in [3.8, 4) is 0 Å². The summed E-state index contributed by atoms with van der Waals surface area (Å²) in [5.74, 6) is -0.868. The van der Waals surface area contributed by atoms with Gasteiger partial charge in [0.25, 0.3) is 0 Å². The Morgan fingerprint density at radius 1 is 1.71 bits per heavy atom. The highest BCUT2D eigenvalue weighted by Crippen LogP contribution is 2.10. The van der Waals surface area contributed by atoms with Crippen LogP contribution in [0, 0.1) is 12.3 Å². The van der Waals surface area contributed by atoms with Crippen molar-refractivity contribution in [3.05, 3.63) is 6.92 Å². The second-order valence-corrected chi connectivity index (χ2v) is 2.19. The van der Waals surface area contributed by atoms with Crippen LogP contribution in [-0.4, -0.2) is 11.1 Å². The lowest BCUT2D eigenvalue weighted by Crippen LogP contribution is -2.18. The zero-order chi connectivity index (χ0) is 6.08. The summed E-state index contributed by atoms with van der Waals surface area (Å²) in [7, 11) is 0. The largest absolute Gasteiger partial charge is 0.478 e. The minimum absolute atomic E-state index is 0.833. The minimum Gasteiger partial charge on any atom is -0.478 e. The average Bonchev–Trinajstić information content (AvgIpc) is 1.31. The van der Waals surface area contributed by atoms with Crippen LogP contribution in [0.5, 0.6) is 0 Å². The van der Waals surface area contributed by atoms with Gasteiger partial charge >= 0.3 is 5.97 Å². The molecule has 0 aromatic rings. The van der Waals surface area contributed by atoms with E-state index in [2.05, 4.69) is 6.92 Å². The Balaban J connectivity index is 3.79. The normalized spacial score (nSPS) is 11.1. The van der Waals surface area contributed by atoms with Gasteiger partial charge in [-0.25, -0.2) is 4.79 Å². The summed E-state index contributed by atoms with van der Waals surface area (Å²) in [6.07, 6.45) is 0. The van der Waals surface area contributed by atoms with Gasteiger partial charge in [-0.1, -0.05) is 0 Å². The maximum absolute atomic E-state index is 9.96. The molecule has 0 saturated carbocycles. The molecule has 0 aliphatic rings. The van der Waals surface area contributed by atoms with Crippen molar-refractivity contribution < 1.29 is 9.90 Å². The Bertz CT molecular complexity index is 78.6. The van der Waals surface area contributed by atoms with E-state index in [0.717, 1.165) is 0 Å². The molecule has 0 rings (SSSR count). The van der Waals surface area contributed by atoms with Gasteiger partial charge in [0.15, 0.2) is 5.41 Å². The minimum atomic E-state index is -0.868. The predicted molar refractivity (Wildman–Crippen MR) is 26.8 cm³/mol. The summed E-state index contributed by atoms with van der Waals surface area (Å²) < 4.78 is 0. The number of carboxylic acids is 1. The van der Waals surface area contributed by atoms with Gasteiger partial charge in [0, 0.05) is 0 Å². The molecule has 0 bridgehead atoms. The summed E-state index contributed by atoms with van der Waals surface area (Å²) in [6, 6.07) is 0. The zero-order valence-corrected chi connectivity index (χ0v) is 4.56. The first-order valence-corrected chi connectivity index (χ1v) is 2.03. The van der Waals surface area contributed by atoms with Crippen molar-refractivity contribution in [2.45, 2.75) is 13.8 Å². The van der Waals surface area contributed by atoms with Crippen LogP contribution >= 0.6 is 0 Å². The maximum atomic E-state index is 9.96. The van der Waals surface area contributed by atoms with Gasteiger partial charge in [-0.05, 0) is 13.8 Å². The van der Waals surface area contributed by atoms with E-state index in [0.29, 0.717) is 0 Å². The van der Waals surface area contributed by atoms with E-state index in [1.54, 1.807) is 13.8 Å². The molecule has 2 nitrogen and oxygen atoms in total. The van der Waals surface area contributed by atoms with Gasteiger partial charge in [0.05, 0.1) is 6.92 Å². The number of hydrogen-bond donors (Lipinski definition) is 1. The van der Waals surface area contributed by atoms with Crippen LogP contribution in [0.4, 0.5) is 0 Å². The number of aliphatic carboxylic acids is 1. The first-order chi connectivity index (χ1) is 2.94. The van der Waals surface area contributed by atoms with Crippen molar-refractivity contribution in [2.24, 2.45) is 5.41 Å². The molecule has 7 heavy (non-hydrogen) atoms. The van der Waals surface area contributed by atoms with Crippen LogP contribution in [0.25, 0.3) is 0 Å². The molecule has 2 heteroatoms. The van der Waals surface area contributed by atoms with E-state index in [4.69, 9.17) is 5.11 Å². The maximum Gasteiger partial charge on any atom is 0.354 e. The Morgan fingerprint density at radius 2 is 1.86 bits per heavy atom. The molecule has 0 aromatic carbocycles. The molecule has 0 fully saturated rings. The molecule has 0 amide bonds. The molecule has 0 spiro atoms. The van der Waals surface area contributed by atoms with E-state index in [1.165, 1.54) is 0 Å². The molecule has 0 aromatic heterocycles. The topological polar surface area (TPSA) is 37.3 Å². The van der Waals surface area contributed by atoms with Crippen molar-refractivity contribution >= 4 is 5.97 Å². The third-order valence-corrected chi connectivity index (χ3v) is 0.579. The third-order valence-electron chi connectivity index (χ3n) is 0.579. The Labute approximate surface area is 43.2 Å². The monoisotopic (exact) mass is 101 g/mol. The highest BCUT2D eigenvalue weighted by Gasteiger charge is 2.27. The fourth-order valence-corrected chi connectivity index (χ4v) is 0.